The van der Waals surface area contributed by atoms with Crippen LogP contribution in [-0.4, -0.2) is 103 Å². The Morgan fingerprint density at radius 1 is 1.00 bits per heavy atom. The first-order valence-electron chi connectivity index (χ1n) is 15.0. The molecule has 0 saturated carbocycles. The summed E-state index contributed by atoms with van der Waals surface area (Å²) >= 11 is 6.37. The molecule has 2 fully saturated rings. The van der Waals surface area contributed by atoms with Crippen LogP contribution in [0.2, 0.25) is 5.02 Å². The number of fused-ring (bicyclic) bond motifs is 1. The molecule has 0 aliphatic carbocycles. The number of nitrogens with zero attached hydrogens (tertiary/aromatic N) is 4. The van der Waals surface area contributed by atoms with E-state index in [0.29, 0.717) is 56.6 Å². The first-order valence-corrected chi connectivity index (χ1v) is 15.4. The molecule has 0 radical (unpaired) electrons. The van der Waals surface area contributed by atoms with E-state index >= 15 is 0 Å². The van der Waals surface area contributed by atoms with Gasteiger partial charge < -0.3 is 29.7 Å². The lowest BCUT2D eigenvalue weighted by Gasteiger charge is -2.38. The molecule has 1 N–H and O–H groups in total. The minimum Gasteiger partial charge on any atom is -0.436 e. The average Bonchev–Trinajstić information content (AvgIpc) is 3.16. The van der Waals surface area contributed by atoms with Crippen LogP contribution in [0.25, 0.3) is 0 Å². The smallest absolute Gasteiger partial charge is 0.410 e. The molecular weight excluding hydrogens is 554 g/mol. The third-order valence-corrected chi connectivity index (χ3v) is 9.39. The molecule has 0 unspecified atom stereocenters. The zero-order valence-corrected chi connectivity index (χ0v) is 25.6. The standard InChI is InChI=1S/C32H42ClN5O4/c1-22-8-9-23(20-27(22)33)21-29(30(39)36-15-11-25(12-16-36)35(2)3)42-32(41)37-17-13-26(14-18-37)38-19-10-24-6-4-5-7-28(24)34-31(38)40/h4-9,20,25-26,29H,10-19,21H2,1-3H3,(H,34,40)/t29-/m1/s1. The van der Waals surface area contributed by atoms with Crippen LogP contribution in [0, 0.1) is 6.92 Å². The second kappa shape index (κ2) is 13.3. The van der Waals surface area contributed by atoms with Gasteiger partial charge in [0.1, 0.15) is 0 Å². The molecule has 5 rings (SSSR count). The van der Waals surface area contributed by atoms with Crippen LogP contribution in [0.3, 0.4) is 0 Å². The van der Waals surface area contributed by atoms with E-state index < -0.39 is 12.2 Å². The summed E-state index contributed by atoms with van der Waals surface area (Å²) in [6.45, 7) is 4.77. The van der Waals surface area contributed by atoms with Crippen LogP contribution in [0.4, 0.5) is 15.3 Å². The molecule has 2 aromatic carbocycles. The van der Waals surface area contributed by atoms with Crippen molar-refractivity contribution in [3.63, 3.8) is 0 Å². The monoisotopic (exact) mass is 595 g/mol. The van der Waals surface area contributed by atoms with Crippen LogP contribution in [0.15, 0.2) is 42.5 Å². The molecule has 3 aliphatic heterocycles. The molecule has 1 atom stereocenters. The van der Waals surface area contributed by atoms with Gasteiger partial charge in [0.2, 0.25) is 0 Å². The Hall–Kier alpha value is -3.30. The fraction of sp³-hybridized carbons (Fsp3) is 0.531. The predicted octanol–water partition coefficient (Wildman–Crippen LogP) is 4.80. The number of aryl methyl sites for hydroxylation is 1. The number of halogens is 1. The zero-order valence-electron chi connectivity index (χ0n) is 24.9. The van der Waals surface area contributed by atoms with Crippen LogP contribution < -0.4 is 5.32 Å². The molecule has 2 aromatic rings. The number of hydrogen-bond donors (Lipinski definition) is 1. The van der Waals surface area contributed by atoms with E-state index in [1.165, 1.54) is 0 Å². The van der Waals surface area contributed by atoms with Gasteiger partial charge in [-0.15, -0.1) is 0 Å². The Bertz CT molecular complexity index is 1290. The van der Waals surface area contributed by atoms with Crippen molar-refractivity contribution in [2.45, 2.75) is 63.6 Å². The third kappa shape index (κ3) is 7.01. The number of carbonyl (C=O) groups excluding carboxylic acids is 3. The summed E-state index contributed by atoms with van der Waals surface area (Å²) in [6.07, 6.45) is 2.72. The van der Waals surface area contributed by atoms with E-state index in [1.54, 1.807) is 4.90 Å². The van der Waals surface area contributed by atoms with Crippen LogP contribution in [-0.2, 0) is 22.4 Å². The number of urea groups is 1. The number of hydrogen-bond acceptors (Lipinski definition) is 5. The molecule has 0 spiro atoms. The van der Waals surface area contributed by atoms with E-state index in [1.807, 2.05) is 59.2 Å². The highest BCUT2D eigenvalue weighted by molar-refractivity contribution is 6.31. The van der Waals surface area contributed by atoms with Gasteiger partial charge >= 0.3 is 12.1 Å². The SMILES string of the molecule is Cc1ccc(C[C@@H](OC(=O)N2CCC(N3CCc4ccccc4NC3=O)CC2)C(=O)N2CCC(N(C)C)CC2)cc1Cl. The fourth-order valence-electron chi connectivity index (χ4n) is 6.26. The number of rotatable bonds is 6. The number of likely N-dealkylation sites (tertiary alicyclic amines) is 2. The summed E-state index contributed by atoms with van der Waals surface area (Å²) < 4.78 is 5.97. The number of para-hydroxylation sites is 1. The van der Waals surface area contributed by atoms with E-state index in [2.05, 4.69) is 24.3 Å². The van der Waals surface area contributed by atoms with Gasteiger partial charge in [-0.25, -0.2) is 9.59 Å². The zero-order chi connectivity index (χ0) is 29.8. The molecular formula is C32H42ClN5O4. The number of benzene rings is 2. The summed E-state index contributed by atoms with van der Waals surface area (Å²) in [7, 11) is 4.13. The average molecular weight is 596 g/mol. The first-order chi connectivity index (χ1) is 20.2. The summed E-state index contributed by atoms with van der Waals surface area (Å²) in [6, 6.07) is 14.0. The molecule has 226 valence electrons. The van der Waals surface area contributed by atoms with Gasteiger partial charge in [0.15, 0.2) is 6.10 Å². The maximum Gasteiger partial charge on any atom is 0.410 e. The Labute approximate surface area is 253 Å². The van der Waals surface area contributed by atoms with Crippen molar-refractivity contribution in [1.29, 1.82) is 0 Å². The topological polar surface area (TPSA) is 85.4 Å². The van der Waals surface area contributed by atoms with E-state index in [-0.39, 0.29) is 24.4 Å². The van der Waals surface area contributed by atoms with Crippen molar-refractivity contribution in [2.24, 2.45) is 0 Å². The lowest BCUT2D eigenvalue weighted by Crippen LogP contribution is -2.52. The van der Waals surface area contributed by atoms with Crippen molar-refractivity contribution >= 4 is 35.3 Å². The predicted molar refractivity (Wildman–Crippen MR) is 164 cm³/mol. The van der Waals surface area contributed by atoms with Crippen LogP contribution in [0.1, 0.15) is 42.4 Å². The number of anilines is 1. The molecule has 0 aromatic heterocycles. The Kier molecular flexibility index (Phi) is 9.58. The molecule has 3 aliphatic rings. The maximum absolute atomic E-state index is 13.7. The quantitative estimate of drug-likeness (QED) is 0.518. The summed E-state index contributed by atoms with van der Waals surface area (Å²) in [5.74, 6) is -0.159. The van der Waals surface area contributed by atoms with Gasteiger partial charge in [-0.2, -0.15) is 0 Å². The minimum atomic E-state index is -0.931. The molecule has 42 heavy (non-hydrogen) atoms. The first kappa shape index (κ1) is 30.2. The highest BCUT2D eigenvalue weighted by atomic mass is 35.5. The normalized spacial score (nSPS) is 19.3. The molecule has 9 nitrogen and oxygen atoms in total. The second-order valence-corrected chi connectivity index (χ2v) is 12.3. The molecule has 3 heterocycles. The van der Waals surface area contributed by atoms with Gasteiger partial charge in [-0.3, -0.25) is 4.79 Å². The van der Waals surface area contributed by atoms with E-state index in [4.69, 9.17) is 16.3 Å². The number of ether oxygens (including phenoxy) is 1. The van der Waals surface area contributed by atoms with Gasteiger partial charge in [0.25, 0.3) is 5.91 Å². The van der Waals surface area contributed by atoms with Crippen LogP contribution in [0.5, 0.6) is 0 Å². The molecule has 2 saturated heterocycles. The number of nitrogens with one attached hydrogen (secondary N) is 1. The van der Waals surface area contributed by atoms with Crippen molar-refractivity contribution in [3.8, 4) is 0 Å². The number of amides is 4. The van der Waals surface area contributed by atoms with E-state index in [0.717, 1.165) is 41.6 Å². The van der Waals surface area contributed by atoms with E-state index in [9.17, 15) is 14.4 Å². The fourth-order valence-corrected chi connectivity index (χ4v) is 6.46. The number of carbonyl (C=O) groups is 3. The maximum atomic E-state index is 13.7. The van der Waals surface area contributed by atoms with Gasteiger partial charge in [-0.05, 0) is 81.9 Å². The number of piperidine rings is 2. The summed E-state index contributed by atoms with van der Waals surface area (Å²) in [5, 5.41) is 3.66. The van der Waals surface area contributed by atoms with Crippen molar-refractivity contribution in [2.75, 3.05) is 52.1 Å². The molecule has 0 bridgehead atoms. The Morgan fingerprint density at radius 3 is 2.38 bits per heavy atom. The van der Waals surface area contributed by atoms with Crippen molar-refractivity contribution in [1.82, 2.24) is 19.6 Å². The third-order valence-electron chi connectivity index (χ3n) is 8.99. The molecule has 4 amide bonds. The largest absolute Gasteiger partial charge is 0.436 e. The summed E-state index contributed by atoms with van der Waals surface area (Å²) in [4.78, 5) is 47.7. The highest BCUT2D eigenvalue weighted by Gasteiger charge is 2.35. The van der Waals surface area contributed by atoms with Gasteiger partial charge in [0.05, 0.1) is 0 Å². The van der Waals surface area contributed by atoms with Crippen molar-refractivity contribution < 1.29 is 19.1 Å². The van der Waals surface area contributed by atoms with Crippen LogP contribution >= 0.6 is 11.6 Å². The van der Waals surface area contributed by atoms with Gasteiger partial charge in [-0.1, -0.05) is 41.9 Å². The second-order valence-electron chi connectivity index (χ2n) is 11.9. The highest BCUT2D eigenvalue weighted by Crippen LogP contribution is 2.26. The lowest BCUT2D eigenvalue weighted by molar-refractivity contribution is -0.142. The molecule has 10 heteroatoms. The van der Waals surface area contributed by atoms with Crippen molar-refractivity contribution in [3.05, 3.63) is 64.2 Å². The Balaban J connectivity index is 1.21. The summed E-state index contributed by atoms with van der Waals surface area (Å²) in [5.41, 5.74) is 3.80. The lowest BCUT2D eigenvalue weighted by atomic mass is 10.0. The van der Waals surface area contributed by atoms with Gasteiger partial charge in [0, 0.05) is 61.9 Å². The Morgan fingerprint density at radius 2 is 1.69 bits per heavy atom. The minimum absolute atomic E-state index is 0.0356.